The third kappa shape index (κ3) is 3.24. The number of hydrogen-bond acceptors (Lipinski definition) is 2. The van der Waals surface area contributed by atoms with Crippen LogP contribution in [0.25, 0.3) is 0 Å². The monoisotopic (exact) mass is 226 g/mol. The van der Waals surface area contributed by atoms with Crippen molar-refractivity contribution in [3.63, 3.8) is 0 Å². The fraction of sp³-hybridized carbons (Fsp3) is 0.417. The Labute approximate surface area is 95.2 Å². The molecule has 1 aromatic rings. The van der Waals surface area contributed by atoms with Crippen LogP contribution < -0.4 is 4.74 Å². The van der Waals surface area contributed by atoms with Crippen molar-refractivity contribution < 1.29 is 9.53 Å². The molecule has 0 N–H and O–H groups in total. The number of carbonyl (C=O) groups excluding carboxylic acids is 1. The van der Waals surface area contributed by atoms with Gasteiger partial charge in [-0.2, -0.15) is 0 Å². The van der Waals surface area contributed by atoms with Gasteiger partial charge in [-0.1, -0.05) is 37.9 Å². The van der Waals surface area contributed by atoms with E-state index >= 15 is 0 Å². The van der Waals surface area contributed by atoms with Gasteiger partial charge in [0, 0.05) is 0 Å². The molecule has 0 bridgehead atoms. The molecule has 1 rings (SSSR count). The van der Waals surface area contributed by atoms with E-state index in [0.717, 1.165) is 12.7 Å². The SMILES string of the molecule is CCC(C)COc1c(Cl)cccc1C=O. The molecule has 15 heavy (non-hydrogen) atoms. The molecule has 1 aromatic carbocycles. The smallest absolute Gasteiger partial charge is 0.153 e. The number of hydrogen-bond donors (Lipinski definition) is 0. The lowest BCUT2D eigenvalue weighted by atomic mass is 10.1. The molecule has 0 spiro atoms. The third-order valence-corrected chi connectivity index (χ3v) is 2.63. The Hall–Kier alpha value is -1.02. The van der Waals surface area contributed by atoms with Gasteiger partial charge in [0.15, 0.2) is 6.29 Å². The molecule has 0 heterocycles. The fourth-order valence-corrected chi connectivity index (χ4v) is 1.35. The molecule has 0 fully saturated rings. The number of ether oxygens (including phenoxy) is 1. The van der Waals surface area contributed by atoms with Crippen LogP contribution in [0.4, 0.5) is 0 Å². The number of aldehydes is 1. The lowest BCUT2D eigenvalue weighted by molar-refractivity contribution is 0.111. The molecule has 0 aromatic heterocycles. The number of benzene rings is 1. The normalized spacial score (nSPS) is 12.2. The Morgan fingerprint density at radius 3 is 2.87 bits per heavy atom. The number of halogens is 1. The highest BCUT2D eigenvalue weighted by atomic mass is 35.5. The van der Waals surface area contributed by atoms with E-state index in [2.05, 4.69) is 13.8 Å². The van der Waals surface area contributed by atoms with Crippen molar-refractivity contribution in [3.05, 3.63) is 28.8 Å². The van der Waals surface area contributed by atoms with E-state index in [-0.39, 0.29) is 0 Å². The largest absolute Gasteiger partial charge is 0.491 e. The second-order valence-electron chi connectivity index (χ2n) is 3.60. The van der Waals surface area contributed by atoms with Crippen LogP contribution >= 0.6 is 11.6 Å². The van der Waals surface area contributed by atoms with Crippen molar-refractivity contribution in [2.75, 3.05) is 6.61 Å². The van der Waals surface area contributed by atoms with E-state index in [1.807, 2.05) is 0 Å². The molecule has 0 amide bonds. The minimum atomic E-state index is 0.459. The summed E-state index contributed by atoms with van der Waals surface area (Å²) in [4.78, 5) is 10.8. The molecule has 0 aliphatic rings. The predicted octanol–water partition coefficient (Wildman–Crippen LogP) is 3.58. The van der Waals surface area contributed by atoms with Gasteiger partial charge >= 0.3 is 0 Å². The van der Waals surface area contributed by atoms with Crippen molar-refractivity contribution >= 4 is 17.9 Å². The van der Waals surface area contributed by atoms with Gasteiger partial charge in [-0.15, -0.1) is 0 Å². The first-order valence-corrected chi connectivity index (χ1v) is 5.43. The van der Waals surface area contributed by atoms with Crippen molar-refractivity contribution in [3.8, 4) is 5.75 Å². The Morgan fingerprint density at radius 2 is 2.27 bits per heavy atom. The van der Waals surface area contributed by atoms with Crippen molar-refractivity contribution in [2.24, 2.45) is 5.92 Å². The van der Waals surface area contributed by atoms with Crippen LogP contribution in [0.5, 0.6) is 5.75 Å². The summed E-state index contributed by atoms with van der Waals surface area (Å²) in [7, 11) is 0. The number of para-hydroxylation sites is 1. The average molecular weight is 227 g/mol. The first-order valence-electron chi connectivity index (χ1n) is 5.05. The highest BCUT2D eigenvalue weighted by molar-refractivity contribution is 6.32. The molecule has 1 unspecified atom stereocenters. The molecular formula is C12H15ClO2. The summed E-state index contributed by atoms with van der Waals surface area (Å²) in [6, 6.07) is 5.16. The second kappa shape index (κ2) is 5.76. The zero-order valence-electron chi connectivity index (χ0n) is 9.00. The van der Waals surface area contributed by atoms with Gasteiger partial charge in [-0.25, -0.2) is 0 Å². The van der Waals surface area contributed by atoms with E-state index in [1.54, 1.807) is 18.2 Å². The van der Waals surface area contributed by atoms with Crippen LogP contribution in [0.2, 0.25) is 5.02 Å². The molecule has 0 aliphatic heterocycles. The fourth-order valence-electron chi connectivity index (χ4n) is 1.11. The highest BCUT2D eigenvalue weighted by Gasteiger charge is 2.08. The molecule has 0 saturated carbocycles. The van der Waals surface area contributed by atoms with Gasteiger partial charge in [0.2, 0.25) is 0 Å². The summed E-state index contributed by atoms with van der Waals surface area (Å²) >= 11 is 5.95. The van der Waals surface area contributed by atoms with Crippen LogP contribution in [0, 0.1) is 5.92 Å². The molecule has 2 nitrogen and oxygen atoms in total. The Bertz CT molecular complexity index is 336. The third-order valence-electron chi connectivity index (χ3n) is 2.33. The van der Waals surface area contributed by atoms with Gasteiger partial charge < -0.3 is 4.74 Å². The molecule has 0 radical (unpaired) electrons. The standard InChI is InChI=1S/C12H15ClO2/c1-3-9(2)8-15-12-10(7-14)5-4-6-11(12)13/h4-7,9H,3,8H2,1-2H3. The summed E-state index contributed by atoms with van der Waals surface area (Å²) in [6.07, 6.45) is 1.80. The minimum Gasteiger partial charge on any atom is -0.491 e. The lowest BCUT2D eigenvalue weighted by Crippen LogP contribution is -2.08. The topological polar surface area (TPSA) is 26.3 Å². The lowest BCUT2D eigenvalue weighted by Gasteiger charge is -2.13. The maximum Gasteiger partial charge on any atom is 0.153 e. The minimum absolute atomic E-state index is 0.459. The zero-order valence-corrected chi connectivity index (χ0v) is 9.75. The molecule has 0 saturated heterocycles. The zero-order chi connectivity index (χ0) is 11.3. The van der Waals surface area contributed by atoms with Gasteiger partial charge in [-0.05, 0) is 18.1 Å². The predicted molar refractivity (Wildman–Crippen MR) is 61.8 cm³/mol. The van der Waals surface area contributed by atoms with Gasteiger partial charge in [0.1, 0.15) is 5.75 Å². The van der Waals surface area contributed by atoms with E-state index < -0.39 is 0 Å². The van der Waals surface area contributed by atoms with Crippen LogP contribution in [-0.4, -0.2) is 12.9 Å². The van der Waals surface area contributed by atoms with Crippen LogP contribution in [-0.2, 0) is 0 Å². The van der Waals surface area contributed by atoms with Gasteiger partial charge in [-0.3, -0.25) is 4.79 Å². The summed E-state index contributed by atoms with van der Waals surface area (Å²) in [5.41, 5.74) is 0.505. The molecule has 0 aliphatic carbocycles. The van der Waals surface area contributed by atoms with Crippen molar-refractivity contribution in [1.82, 2.24) is 0 Å². The summed E-state index contributed by atoms with van der Waals surface area (Å²) in [5, 5.41) is 0.489. The summed E-state index contributed by atoms with van der Waals surface area (Å²) < 4.78 is 5.55. The average Bonchev–Trinajstić information content (AvgIpc) is 2.26. The number of rotatable bonds is 5. The Kier molecular flexibility index (Phi) is 4.63. The maximum atomic E-state index is 10.8. The first-order chi connectivity index (χ1) is 7.19. The van der Waals surface area contributed by atoms with Crippen LogP contribution in [0.1, 0.15) is 30.6 Å². The van der Waals surface area contributed by atoms with Gasteiger partial charge in [0.25, 0.3) is 0 Å². The molecule has 3 heteroatoms. The second-order valence-corrected chi connectivity index (χ2v) is 4.01. The van der Waals surface area contributed by atoms with Crippen molar-refractivity contribution in [1.29, 1.82) is 0 Å². The highest BCUT2D eigenvalue weighted by Crippen LogP contribution is 2.27. The van der Waals surface area contributed by atoms with Crippen LogP contribution in [0.3, 0.4) is 0 Å². The molecule has 1 atom stereocenters. The van der Waals surface area contributed by atoms with E-state index in [4.69, 9.17) is 16.3 Å². The van der Waals surface area contributed by atoms with Crippen LogP contribution in [0.15, 0.2) is 18.2 Å². The van der Waals surface area contributed by atoms with Gasteiger partial charge in [0.05, 0.1) is 17.2 Å². The molecule has 82 valence electrons. The van der Waals surface area contributed by atoms with E-state index in [0.29, 0.717) is 28.9 Å². The first kappa shape index (κ1) is 12.1. The quantitative estimate of drug-likeness (QED) is 0.718. The maximum absolute atomic E-state index is 10.8. The number of carbonyl (C=O) groups is 1. The summed E-state index contributed by atoms with van der Waals surface area (Å²) in [5.74, 6) is 0.954. The van der Waals surface area contributed by atoms with E-state index in [1.165, 1.54) is 0 Å². The van der Waals surface area contributed by atoms with Crippen molar-refractivity contribution in [2.45, 2.75) is 20.3 Å². The Morgan fingerprint density at radius 1 is 1.53 bits per heavy atom. The molecular weight excluding hydrogens is 212 g/mol. The summed E-state index contributed by atoms with van der Waals surface area (Å²) in [6.45, 7) is 4.78. The Balaban J connectivity index is 2.78. The van der Waals surface area contributed by atoms with E-state index in [9.17, 15) is 4.79 Å².